The summed E-state index contributed by atoms with van der Waals surface area (Å²) in [6, 6.07) is 10.3. The number of aromatic nitrogens is 4. The fourth-order valence-corrected chi connectivity index (χ4v) is 2.90. The van der Waals surface area contributed by atoms with Gasteiger partial charge in [0.15, 0.2) is 11.8 Å². The minimum absolute atomic E-state index is 0. The third-order valence-electron chi connectivity index (χ3n) is 4.54. The van der Waals surface area contributed by atoms with Gasteiger partial charge in [-0.2, -0.15) is 10.1 Å². The minimum atomic E-state index is 0. The van der Waals surface area contributed by atoms with Crippen molar-refractivity contribution in [3.05, 3.63) is 65.6 Å². The highest BCUT2D eigenvalue weighted by atomic mass is 127. The molecule has 2 heterocycles. The molecule has 0 spiro atoms. The van der Waals surface area contributed by atoms with E-state index in [2.05, 4.69) is 69.0 Å². The predicted octanol–water partition coefficient (Wildman–Crippen LogP) is 3.35. The normalized spacial score (nSPS) is 11.4. The monoisotopic (exact) mass is 523 g/mol. The maximum absolute atomic E-state index is 5.28. The Kier molecular flexibility index (Phi) is 9.78. The lowest BCUT2D eigenvalue weighted by Crippen LogP contribution is -2.37. The van der Waals surface area contributed by atoms with Gasteiger partial charge in [-0.25, -0.2) is 0 Å². The number of hydrogen-bond acceptors (Lipinski definition) is 5. The summed E-state index contributed by atoms with van der Waals surface area (Å²) in [5.41, 5.74) is 2.45. The lowest BCUT2D eigenvalue weighted by molar-refractivity contribution is 0.368. The van der Waals surface area contributed by atoms with Gasteiger partial charge in [0, 0.05) is 44.9 Å². The number of aliphatic imine (C=N–C) groups is 1. The number of nitrogens with one attached hydrogen (secondary N) is 2. The van der Waals surface area contributed by atoms with Crippen molar-refractivity contribution >= 4 is 29.9 Å². The Labute approximate surface area is 194 Å². The first-order chi connectivity index (χ1) is 14.2. The number of nitrogens with zero attached hydrogens (tertiary/aromatic N) is 5. The van der Waals surface area contributed by atoms with Crippen molar-refractivity contribution in [3.63, 3.8) is 0 Å². The standard InChI is InChI=1S/C21H29N7O.HI/c1-16(2)20-26-19(29-27-20)10-6-11-23-21(22-3)24-14-17-8-4-5-9-18(17)15-28-13-7-12-25-28;/h4-5,7-9,12-13,16H,6,10-11,14-15H2,1-3H3,(H2,22,23,24);1H. The van der Waals surface area contributed by atoms with Crippen molar-refractivity contribution in [1.29, 1.82) is 0 Å². The smallest absolute Gasteiger partial charge is 0.226 e. The van der Waals surface area contributed by atoms with Crippen LogP contribution in [0.25, 0.3) is 0 Å². The Bertz CT molecular complexity index is 906. The molecule has 2 N–H and O–H groups in total. The van der Waals surface area contributed by atoms with Gasteiger partial charge in [0.1, 0.15) is 0 Å². The summed E-state index contributed by atoms with van der Waals surface area (Å²) in [7, 11) is 1.78. The highest BCUT2D eigenvalue weighted by molar-refractivity contribution is 14.0. The third kappa shape index (κ3) is 7.12. The van der Waals surface area contributed by atoms with Crippen molar-refractivity contribution in [2.45, 2.75) is 45.7 Å². The molecule has 3 aromatic rings. The molecule has 2 aromatic heterocycles. The van der Waals surface area contributed by atoms with Crippen molar-refractivity contribution in [1.82, 2.24) is 30.6 Å². The molecule has 0 aliphatic heterocycles. The zero-order valence-electron chi connectivity index (χ0n) is 17.7. The van der Waals surface area contributed by atoms with Crippen molar-refractivity contribution in [2.75, 3.05) is 13.6 Å². The van der Waals surface area contributed by atoms with Crippen molar-refractivity contribution in [2.24, 2.45) is 4.99 Å². The van der Waals surface area contributed by atoms with Crippen LogP contribution in [0.5, 0.6) is 0 Å². The van der Waals surface area contributed by atoms with Gasteiger partial charge >= 0.3 is 0 Å². The van der Waals surface area contributed by atoms with Crippen LogP contribution < -0.4 is 10.6 Å². The van der Waals surface area contributed by atoms with E-state index in [1.807, 2.05) is 16.9 Å². The van der Waals surface area contributed by atoms with Gasteiger partial charge in [0.2, 0.25) is 5.89 Å². The molecule has 8 nitrogen and oxygen atoms in total. The maximum Gasteiger partial charge on any atom is 0.226 e. The maximum atomic E-state index is 5.28. The fourth-order valence-electron chi connectivity index (χ4n) is 2.90. The van der Waals surface area contributed by atoms with Crippen LogP contribution in [0.2, 0.25) is 0 Å². The van der Waals surface area contributed by atoms with Gasteiger partial charge in [-0.1, -0.05) is 43.3 Å². The van der Waals surface area contributed by atoms with E-state index >= 15 is 0 Å². The fraction of sp³-hybridized carbons (Fsp3) is 0.429. The number of guanidine groups is 1. The lowest BCUT2D eigenvalue weighted by Gasteiger charge is -2.14. The van der Waals surface area contributed by atoms with Crippen LogP contribution in [0.4, 0.5) is 0 Å². The molecule has 3 rings (SSSR count). The zero-order valence-corrected chi connectivity index (χ0v) is 20.0. The highest BCUT2D eigenvalue weighted by Crippen LogP contribution is 2.11. The molecule has 1 aromatic carbocycles. The van der Waals surface area contributed by atoms with Crippen molar-refractivity contribution < 1.29 is 4.52 Å². The van der Waals surface area contributed by atoms with Gasteiger partial charge in [-0.05, 0) is 23.6 Å². The Balaban J connectivity index is 0.00000320. The van der Waals surface area contributed by atoms with E-state index in [-0.39, 0.29) is 29.9 Å². The van der Waals surface area contributed by atoms with E-state index in [9.17, 15) is 0 Å². The van der Waals surface area contributed by atoms with Gasteiger partial charge in [0.05, 0.1) is 6.54 Å². The van der Waals surface area contributed by atoms with E-state index in [0.29, 0.717) is 12.4 Å². The molecule has 0 bridgehead atoms. The van der Waals surface area contributed by atoms with Gasteiger partial charge in [-0.3, -0.25) is 9.67 Å². The van der Waals surface area contributed by atoms with E-state index in [1.54, 1.807) is 13.2 Å². The van der Waals surface area contributed by atoms with Crippen LogP contribution in [0.15, 0.2) is 52.2 Å². The second kappa shape index (κ2) is 12.3. The summed E-state index contributed by atoms with van der Waals surface area (Å²) in [6.45, 7) is 6.32. The lowest BCUT2D eigenvalue weighted by atomic mass is 10.1. The van der Waals surface area contributed by atoms with Gasteiger partial charge in [0.25, 0.3) is 0 Å². The molecule has 0 atom stereocenters. The number of aryl methyl sites for hydroxylation is 1. The number of halogens is 1. The zero-order chi connectivity index (χ0) is 20.5. The number of benzene rings is 1. The largest absolute Gasteiger partial charge is 0.356 e. The summed E-state index contributed by atoms with van der Waals surface area (Å²) in [6.07, 6.45) is 5.40. The summed E-state index contributed by atoms with van der Waals surface area (Å²) in [4.78, 5) is 8.71. The van der Waals surface area contributed by atoms with Gasteiger partial charge in [-0.15, -0.1) is 24.0 Å². The molecule has 0 aliphatic rings. The molecule has 0 saturated heterocycles. The summed E-state index contributed by atoms with van der Waals surface area (Å²) in [5.74, 6) is 2.50. The predicted molar refractivity (Wildman–Crippen MR) is 128 cm³/mol. The second-order valence-electron chi connectivity index (χ2n) is 7.13. The Hall–Kier alpha value is -2.43. The summed E-state index contributed by atoms with van der Waals surface area (Å²) in [5, 5.41) is 15.0. The first-order valence-electron chi connectivity index (χ1n) is 9.97. The third-order valence-corrected chi connectivity index (χ3v) is 4.54. The Morgan fingerprint density at radius 2 is 1.97 bits per heavy atom. The molecule has 9 heteroatoms. The Morgan fingerprint density at radius 1 is 1.17 bits per heavy atom. The molecule has 0 saturated carbocycles. The van der Waals surface area contributed by atoms with Crippen LogP contribution in [-0.2, 0) is 19.5 Å². The van der Waals surface area contributed by atoms with E-state index < -0.39 is 0 Å². The van der Waals surface area contributed by atoms with Crippen LogP contribution >= 0.6 is 24.0 Å². The first kappa shape index (κ1) is 23.8. The Morgan fingerprint density at radius 3 is 2.63 bits per heavy atom. The average Bonchev–Trinajstić information content (AvgIpc) is 3.40. The number of rotatable bonds is 9. The molecule has 162 valence electrons. The molecular formula is C21H30IN7O. The SMILES string of the molecule is CN=C(NCCCc1nc(C(C)C)no1)NCc1ccccc1Cn1cccn1.I. The average molecular weight is 523 g/mol. The topological polar surface area (TPSA) is 93.2 Å². The highest BCUT2D eigenvalue weighted by Gasteiger charge is 2.09. The van der Waals surface area contributed by atoms with E-state index in [0.717, 1.165) is 37.7 Å². The molecule has 0 radical (unpaired) electrons. The van der Waals surface area contributed by atoms with Crippen LogP contribution in [-0.4, -0.2) is 39.5 Å². The van der Waals surface area contributed by atoms with Crippen LogP contribution in [0.1, 0.15) is 49.0 Å². The second-order valence-corrected chi connectivity index (χ2v) is 7.13. The minimum Gasteiger partial charge on any atom is -0.356 e. The van der Waals surface area contributed by atoms with Crippen LogP contribution in [0.3, 0.4) is 0 Å². The van der Waals surface area contributed by atoms with Gasteiger partial charge < -0.3 is 15.2 Å². The molecule has 30 heavy (non-hydrogen) atoms. The molecule has 0 aliphatic carbocycles. The quantitative estimate of drug-likeness (QED) is 0.194. The number of hydrogen-bond donors (Lipinski definition) is 2. The van der Waals surface area contributed by atoms with E-state index in [4.69, 9.17) is 4.52 Å². The molecule has 0 fully saturated rings. The molecule has 0 unspecified atom stereocenters. The molecular weight excluding hydrogens is 493 g/mol. The summed E-state index contributed by atoms with van der Waals surface area (Å²) >= 11 is 0. The van der Waals surface area contributed by atoms with Crippen LogP contribution in [0, 0.1) is 0 Å². The molecule has 0 amide bonds. The summed E-state index contributed by atoms with van der Waals surface area (Å²) < 4.78 is 7.20. The van der Waals surface area contributed by atoms with E-state index in [1.165, 1.54) is 11.1 Å². The first-order valence-corrected chi connectivity index (χ1v) is 9.97. The van der Waals surface area contributed by atoms with Crippen molar-refractivity contribution in [3.8, 4) is 0 Å².